The zero-order valence-electron chi connectivity index (χ0n) is 7.06. The van der Waals surface area contributed by atoms with Crippen molar-refractivity contribution >= 4 is 6.21 Å². The fourth-order valence-electron chi connectivity index (χ4n) is 0.510. The Morgan fingerprint density at radius 1 is 1.58 bits per heavy atom. The number of nitrogens with two attached hydrogens (primary N) is 1. The van der Waals surface area contributed by atoms with Crippen molar-refractivity contribution in [1.82, 2.24) is 5.01 Å². The monoisotopic (exact) mass is 169 g/mol. The first-order valence-corrected chi connectivity index (χ1v) is 3.72. The second-order valence-corrected chi connectivity index (χ2v) is 2.12. The summed E-state index contributed by atoms with van der Waals surface area (Å²) in [6.07, 6.45) is 7.38. The Balaban J connectivity index is 3.52. The molecular formula is C8H15N3O. The fraction of sp³-hybridized carbons (Fsp3) is 0.375. The zero-order chi connectivity index (χ0) is 9.23. The largest absolute Gasteiger partial charge is 0.394 e. The van der Waals surface area contributed by atoms with Gasteiger partial charge in [0.25, 0.3) is 0 Å². The van der Waals surface area contributed by atoms with Crippen LogP contribution >= 0.6 is 0 Å². The molecule has 0 bridgehead atoms. The van der Waals surface area contributed by atoms with Crippen LogP contribution in [0.4, 0.5) is 0 Å². The third-order valence-corrected chi connectivity index (χ3v) is 1.08. The average molecular weight is 169 g/mol. The summed E-state index contributed by atoms with van der Waals surface area (Å²) in [6.45, 7) is 3.99. The first-order valence-electron chi connectivity index (χ1n) is 3.72. The Morgan fingerprint density at radius 2 is 2.33 bits per heavy atom. The van der Waals surface area contributed by atoms with E-state index in [4.69, 9.17) is 10.9 Å². The molecule has 0 radical (unpaired) electrons. The summed E-state index contributed by atoms with van der Waals surface area (Å²) in [4.78, 5) is 3.90. The molecule has 4 heteroatoms. The van der Waals surface area contributed by atoms with Gasteiger partial charge in [0.2, 0.25) is 0 Å². The maximum Gasteiger partial charge on any atom is 0.0622 e. The quantitative estimate of drug-likeness (QED) is 0.260. The van der Waals surface area contributed by atoms with Crippen molar-refractivity contribution in [3.63, 3.8) is 0 Å². The van der Waals surface area contributed by atoms with E-state index in [1.807, 2.05) is 0 Å². The molecule has 68 valence electrons. The smallest absolute Gasteiger partial charge is 0.0622 e. The lowest BCUT2D eigenvalue weighted by Gasteiger charge is -2.09. The molecule has 0 rings (SSSR count). The normalized spacial score (nSPS) is 11.2. The molecule has 0 unspecified atom stereocenters. The molecule has 0 aliphatic carbocycles. The van der Waals surface area contributed by atoms with Gasteiger partial charge in [-0.25, -0.2) is 5.84 Å². The van der Waals surface area contributed by atoms with Gasteiger partial charge in [-0.3, -0.25) is 4.99 Å². The molecule has 0 saturated heterocycles. The molecule has 0 heterocycles. The molecule has 0 amide bonds. The minimum atomic E-state index is 0.0389. The molecule has 4 nitrogen and oxygen atoms in total. The lowest BCUT2D eigenvalue weighted by molar-refractivity contribution is 0.239. The molecule has 3 N–H and O–H groups in total. The van der Waals surface area contributed by atoms with Crippen LogP contribution in [0, 0.1) is 0 Å². The predicted molar refractivity (Wildman–Crippen MR) is 50.4 cm³/mol. The minimum absolute atomic E-state index is 0.0389. The first-order chi connectivity index (χ1) is 5.81. The third-order valence-electron chi connectivity index (χ3n) is 1.08. The van der Waals surface area contributed by atoms with Crippen molar-refractivity contribution in [1.29, 1.82) is 0 Å². The fourth-order valence-corrected chi connectivity index (χ4v) is 0.510. The van der Waals surface area contributed by atoms with Gasteiger partial charge in [0, 0.05) is 25.0 Å². The van der Waals surface area contributed by atoms with Crippen LogP contribution in [0.15, 0.2) is 30.0 Å². The van der Waals surface area contributed by atoms with E-state index in [0.717, 1.165) is 6.42 Å². The van der Waals surface area contributed by atoms with Crippen LogP contribution < -0.4 is 5.84 Å². The molecular weight excluding hydrogens is 154 g/mol. The van der Waals surface area contributed by atoms with E-state index in [1.165, 1.54) is 5.01 Å². The lowest BCUT2D eigenvalue weighted by atomic mass is 10.5. The number of allylic oxidation sites excluding steroid dienone is 1. The summed E-state index contributed by atoms with van der Waals surface area (Å²) in [5, 5.41) is 9.84. The van der Waals surface area contributed by atoms with Gasteiger partial charge in [-0.2, -0.15) is 0 Å². The number of hydrogen-bond donors (Lipinski definition) is 2. The summed E-state index contributed by atoms with van der Waals surface area (Å²) in [5.74, 6) is 5.39. The Kier molecular flexibility index (Phi) is 7.22. The molecule has 0 aromatic heterocycles. The zero-order valence-corrected chi connectivity index (χ0v) is 7.06. The number of hydrazine groups is 1. The number of nitrogens with zero attached hydrogens (tertiary/aromatic N) is 2. The van der Waals surface area contributed by atoms with Gasteiger partial charge in [-0.15, -0.1) is 6.58 Å². The van der Waals surface area contributed by atoms with E-state index in [0.29, 0.717) is 6.54 Å². The summed E-state index contributed by atoms with van der Waals surface area (Å²) >= 11 is 0. The topological polar surface area (TPSA) is 61.8 Å². The van der Waals surface area contributed by atoms with Crippen LogP contribution in [0.5, 0.6) is 0 Å². The summed E-state index contributed by atoms with van der Waals surface area (Å²) < 4.78 is 0. The molecule has 0 aliphatic rings. The number of aliphatic hydroxyl groups excluding tert-OH is 1. The summed E-state index contributed by atoms with van der Waals surface area (Å²) in [5.41, 5.74) is 0. The van der Waals surface area contributed by atoms with Crippen LogP contribution in [-0.4, -0.2) is 29.5 Å². The molecule has 0 aromatic carbocycles. The average Bonchev–Trinajstić information content (AvgIpc) is 2.05. The van der Waals surface area contributed by atoms with Crippen molar-refractivity contribution in [2.45, 2.75) is 6.42 Å². The number of aliphatic imine (C=N–C) groups is 1. The van der Waals surface area contributed by atoms with E-state index in [2.05, 4.69) is 11.6 Å². The second kappa shape index (κ2) is 7.97. The Hall–Kier alpha value is -1.13. The maximum atomic E-state index is 8.47. The molecule has 0 spiro atoms. The van der Waals surface area contributed by atoms with Crippen molar-refractivity contribution in [3.05, 3.63) is 25.1 Å². The van der Waals surface area contributed by atoms with Crippen molar-refractivity contribution in [2.24, 2.45) is 10.8 Å². The number of aliphatic hydroxyl groups is 1. The van der Waals surface area contributed by atoms with Crippen LogP contribution in [0.3, 0.4) is 0 Å². The Labute approximate surface area is 72.7 Å². The Bertz CT molecular complexity index is 166. The van der Waals surface area contributed by atoms with Gasteiger partial charge in [-0.1, -0.05) is 6.08 Å². The maximum absolute atomic E-state index is 8.47. The third kappa shape index (κ3) is 6.98. The van der Waals surface area contributed by atoms with Crippen molar-refractivity contribution in [2.75, 3.05) is 13.2 Å². The predicted octanol–water partition coefficient (Wildman–Crippen LogP) is 0.273. The van der Waals surface area contributed by atoms with E-state index in [1.54, 1.807) is 24.7 Å². The van der Waals surface area contributed by atoms with Crippen molar-refractivity contribution in [3.8, 4) is 0 Å². The number of rotatable bonds is 6. The summed E-state index contributed by atoms with van der Waals surface area (Å²) in [6, 6.07) is 0. The van der Waals surface area contributed by atoms with E-state index < -0.39 is 0 Å². The van der Waals surface area contributed by atoms with E-state index in [-0.39, 0.29) is 6.61 Å². The highest BCUT2D eigenvalue weighted by molar-refractivity contribution is 5.59. The minimum Gasteiger partial charge on any atom is -0.394 e. The summed E-state index contributed by atoms with van der Waals surface area (Å²) in [7, 11) is 0. The van der Waals surface area contributed by atoms with Gasteiger partial charge >= 0.3 is 0 Å². The molecule has 0 saturated carbocycles. The molecule has 12 heavy (non-hydrogen) atoms. The molecule has 0 aliphatic heterocycles. The van der Waals surface area contributed by atoms with Gasteiger partial charge < -0.3 is 10.1 Å². The van der Waals surface area contributed by atoms with Crippen LogP contribution in [-0.2, 0) is 0 Å². The molecule has 0 atom stereocenters. The lowest BCUT2D eigenvalue weighted by Crippen LogP contribution is -2.27. The highest BCUT2D eigenvalue weighted by Crippen LogP contribution is 1.81. The van der Waals surface area contributed by atoms with Crippen LogP contribution in [0.25, 0.3) is 0 Å². The highest BCUT2D eigenvalue weighted by atomic mass is 16.3. The van der Waals surface area contributed by atoms with Crippen LogP contribution in [0.1, 0.15) is 6.42 Å². The van der Waals surface area contributed by atoms with E-state index >= 15 is 0 Å². The standard InChI is InChI=1S/C8H15N3O/c1-2-3-4-10-5-6-11(9)7-8-12/h2,4-6,12H,1,3,7-9H2/b6-5-,10-4?. The van der Waals surface area contributed by atoms with Gasteiger partial charge in [0.05, 0.1) is 13.2 Å². The second-order valence-electron chi connectivity index (χ2n) is 2.12. The molecule has 0 fully saturated rings. The SMILES string of the molecule is C=CCC=N/C=C\N(N)CCO. The van der Waals surface area contributed by atoms with Gasteiger partial charge in [-0.05, 0) is 0 Å². The van der Waals surface area contributed by atoms with E-state index in [9.17, 15) is 0 Å². The molecule has 0 aromatic rings. The first kappa shape index (κ1) is 10.9. The van der Waals surface area contributed by atoms with Gasteiger partial charge in [0.1, 0.15) is 0 Å². The van der Waals surface area contributed by atoms with Crippen LogP contribution in [0.2, 0.25) is 0 Å². The van der Waals surface area contributed by atoms with Gasteiger partial charge in [0.15, 0.2) is 0 Å². The highest BCUT2D eigenvalue weighted by Gasteiger charge is 1.85. The van der Waals surface area contributed by atoms with Crippen molar-refractivity contribution < 1.29 is 5.11 Å². The number of hydrogen-bond acceptors (Lipinski definition) is 4. The Morgan fingerprint density at radius 3 is 2.92 bits per heavy atom.